The van der Waals surface area contributed by atoms with E-state index in [9.17, 15) is 10.1 Å². The molecule has 0 saturated carbocycles. The normalized spacial score (nSPS) is 11.0. The predicted octanol–water partition coefficient (Wildman–Crippen LogP) is 6.66. The van der Waals surface area contributed by atoms with Crippen LogP contribution in [0.3, 0.4) is 0 Å². The van der Waals surface area contributed by atoms with Gasteiger partial charge in [0.2, 0.25) is 0 Å². The molecule has 0 aliphatic rings. The van der Waals surface area contributed by atoms with Crippen molar-refractivity contribution in [3.05, 3.63) is 104 Å². The predicted molar refractivity (Wildman–Crippen MR) is 124 cm³/mol. The molecule has 3 rings (SSSR count). The van der Waals surface area contributed by atoms with Gasteiger partial charge in [0.15, 0.2) is 0 Å². The van der Waals surface area contributed by atoms with Gasteiger partial charge in [-0.2, -0.15) is 5.26 Å². The number of benzene rings is 3. The Kier molecular flexibility index (Phi) is 7.03. The maximum Gasteiger partial charge on any atom is 0.266 e. The number of anilines is 1. The molecule has 0 fully saturated rings. The minimum atomic E-state index is -0.428. The highest BCUT2D eigenvalue weighted by atomic mass is 79.9. The van der Waals surface area contributed by atoms with Crippen molar-refractivity contribution < 1.29 is 4.79 Å². The molecule has 3 aromatic rings. The van der Waals surface area contributed by atoms with Gasteiger partial charge in [-0.15, -0.1) is 0 Å². The average Bonchev–Trinajstić information content (AvgIpc) is 2.71. The smallest absolute Gasteiger partial charge is 0.266 e. The van der Waals surface area contributed by atoms with Crippen molar-refractivity contribution in [2.45, 2.75) is 13.3 Å². The summed E-state index contributed by atoms with van der Waals surface area (Å²) >= 11 is 7.07. The fraction of sp³-hybridized carbons (Fsp3) is 0.0833. The molecule has 0 aliphatic heterocycles. The van der Waals surface area contributed by atoms with Crippen LogP contribution in [0.4, 0.5) is 5.69 Å². The number of nitrogens with zero attached hydrogens (tertiary/aromatic N) is 1. The van der Waals surface area contributed by atoms with E-state index in [0.717, 1.165) is 31.2 Å². The van der Waals surface area contributed by atoms with Crippen LogP contribution in [0, 0.1) is 18.3 Å². The molecule has 0 heterocycles. The van der Waals surface area contributed by atoms with Gasteiger partial charge in [0.05, 0.1) is 0 Å². The van der Waals surface area contributed by atoms with Gasteiger partial charge >= 0.3 is 0 Å². The van der Waals surface area contributed by atoms with Gasteiger partial charge in [-0.3, -0.25) is 4.79 Å². The van der Waals surface area contributed by atoms with E-state index in [-0.39, 0.29) is 5.57 Å². The zero-order chi connectivity index (χ0) is 20.8. The van der Waals surface area contributed by atoms with Crippen LogP contribution in [0.25, 0.3) is 6.08 Å². The van der Waals surface area contributed by atoms with Crippen LogP contribution in [0.5, 0.6) is 0 Å². The van der Waals surface area contributed by atoms with Crippen molar-refractivity contribution in [1.29, 1.82) is 5.26 Å². The molecule has 0 radical (unpaired) electrons. The largest absolute Gasteiger partial charge is 0.321 e. The van der Waals surface area contributed by atoms with E-state index in [1.807, 2.05) is 73.7 Å². The number of aryl methyl sites for hydroxylation is 1. The van der Waals surface area contributed by atoms with Crippen LogP contribution in [-0.4, -0.2) is 5.91 Å². The molecule has 5 heteroatoms. The molecule has 0 spiro atoms. The Labute approximate surface area is 187 Å². The number of hydrogen-bond acceptors (Lipinski definition) is 2. The third-order valence-electron chi connectivity index (χ3n) is 4.42. The van der Waals surface area contributed by atoms with E-state index in [2.05, 4.69) is 43.2 Å². The highest BCUT2D eigenvalue weighted by molar-refractivity contribution is 9.10. The lowest BCUT2D eigenvalue weighted by atomic mass is 9.98. The number of hydrogen-bond donors (Lipinski definition) is 1. The fourth-order valence-corrected chi connectivity index (χ4v) is 3.65. The zero-order valence-electron chi connectivity index (χ0n) is 15.7. The molecule has 1 amide bonds. The minimum Gasteiger partial charge on any atom is -0.321 e. The summed E-state index contributed by atoms with van der Waals surface area (Å²) < 4.78 is 1.91. The lowest BCUT2D eigenvalue weighted by Crippen LogP contribution is -2.13. The molecular weight excluding hydrogens is 492 g/mol. The molecule has 1 N–H and O–H groups in total. The van der Waals surface area contributed by atoms with Crippen LogP contribution in [0.2, 0.25) is 0 Å². The maximum atomic E-state index is 12.6. The van der Waals surface area contributed by atoms with E-state index in [0.29, 0.717) is 12.1 Å². The Morgan fingerprint density at radius 2 is 1.76 bits per heavy atom. The number of amides is 1. The van der Waals surface area contributed by atoms with E-state index >= 15 is 0 Å². The third-order valence-corrected chi connectivity index (χ3v) is 5.69. The SMILES string of the molecule is Cc1ccc(NC(=O)/C(C#N)=C/c2cc(Br)ccc2Cc2ccccc2Br)cc1. The van der Waals surface area contributed by atoms with E-state index in [1.165, 1.54) is 0 Å². The third kappa shape index (κ3) is 5.66. The Morgan fingerprint density at radius 1 is 1.03 bits per heavy atom. The molecule has 3 aromatic carbocycles. The summed E-state index contributed by atoms with van der Waals surface area (Å²) in [6.07, 6.45) is 2.32. The summed E-state index contributed by atoms with van der Waals surface area (Å²) in [6, 6.07) is 23.4. The maximum absolute atomic E-state index is 12.6. The molecule has 3 nitrogen and oxygen atoms in total. The molecule has 0 aromatic heterocycles. The lowest BCUT2D eigenvalue weighted by Gasteiger charge is -2.10. The Hall–Kier alpha value is -2.68. The number of rotatable bonds is 5. The zero-order valence-corrected chi connectivity index (χ0v) is 18.9. The number of carbonyl (C=O) groups excluding carboxylic acids is 1. The van der Waals surface area contributed by atoms with Crippen molar-refractivity contribution in [1.82, 2.24) is 0 Å². The summed E-state index contributed by atoms with van der Waals surface area (Å²) in [5, 5.41) is 12.4. The first kappa shape index (κ1) is 21.0. The number of nitriles is 1. The van der Waals surface area contributed by atoms with Crippen molar-refractivity contribution in [3.63, 3.8) is 0 Å². The highest BCUT2D eigenvalue weighted by Crippen LogP contribution is 2.25. The Morgan fingerprint density at radius 3 is 2.45 bits per heavy atom. The van der Waals surface area contributed by atoms with Crippen molar-refractivity contribution in [2.75, 3.05) is 5.32 Å². The monoisotopic (exact) mass is 508 g/mol. The van der Waals surface area contributed by atoms with Gasteiger partial charge in [-0.1, -0.05) is 73.8 Å². The summed E-state index contributed by atoms with van der Waals surface area (Å²) in [6.45, 7) is 1.98. The topological polar surface area (TPSA) is 52.9 Å². The van der Waals surface area contributed by atoms with Gasteiger partial charge in [-0.05, 0) is 66.4 Å². The van der Waals surface area contributed by atoms with Gasteiger partial charge < -0.3 is 5.32 Å². The quantitative estimate of drug-likeness (QED) is 0.309. The van der Waals surface area contributed by atoms with Crippen LogP contribution in [-0.2, 0) is 11.2 Å². The van der Waals surface area contributed by atoms with Crippen molar-refractivity contribution in [3.8, 4) is 6.07 Å². The Bertz CT molecular complexity index is 1110. The Balaban J connectivity index is 1.91. The fourth-order valence-electron chi connectivity index (χ4n) is 2.85. The van der Waals surface area contributed by atoms with E-state index in [4.69, 9.17) is 0 Å². The molecule has 0 bridgehead atoms. The van der Waals surface area contributed by atoms with E-state index in [1.54, 1.807) is 6.08 Å². The summed E-state index contributed by atoms with van der Waals surface area (Å²) in [7, 11) is 0. The van der Waals surface area contributed by atoms with Crippen molar-refractivity contribution >= 4 is 49.5 Å². The van der Waals surface area contributed by atoms with Gasteiger partial charge in [-0.25, -0.2) is 0 Å². The van der Waals surface area contributed by atoms with E-state index < -0.39 is 5.91 Å². The minimum absolute atomic E-state index is 0.0528. The first-order valence-corrected chi connectivity index (χ1v) is 10.6. The first-order valence-electron chi connectivity index (χ1n) is 8.98. The second-order valence-electron chi connectivity index (χ2n) is 6.60. The summed E-state index contributed by atoms with van der Waals surface area (Å²) in [5.41, 5.74) is 4.79. The lowest BCUT2D eigenvalue weighted by molar-refractivity contribution is -0.112. The standard InChI is InChI=1S/C24H18Br2N2O/c1-16-6-10-22(11-7-16)28-24(29)20(15-27)13-19-14-21(25)9-8-17(19)12-18-4-2-3-5-23(18)26/h2-11,13-14H,12H2,1H3,(H,28,29)/b20-13+. The molecule has 0 atom stereocenters. The molecule has 0 aliphatic carbocycles. The molecule has 0 unspecified atom stereocenters. The summed E-state index contributed by atoms with van der Waals surface area (Å²) in [4.78, 5) is 12.6. The summed E-state index contributed by atoms with van der Waals surface area (Å²) in [5.74, 6) is -0.428. The molecule has 0 saturated heterocycles. The van der Waals surface area contributed by atoms with Gasteiger partial charge in [0.1, 0.15) is 11.6 Å². The van der Waals surface area contributed by atoms with Crippen LogP contribution >= 0.6 is 31.9 Å². The number of nitrogens with one attached hydrogen (secondary N) is 1. The molecule has 29 heavy (non-hydrogen) atoms. The van der Waals surface area contributed by atoms with Crippen LogP contribution in [0.1, 0.15) is 22.3 Å². The molecule has 144 valence electrons. The van der Waals surface area contributed by atoms with Crippen LogP contribution < -0.4 is 5.32 Å². The number of halogens is 2. The van der Waals surface area contributed by atoms with Crippen LogP contribution in [0.15, 0.2) is 81.2 Å². The van der Waals surface area contributed by atoms with Gasteiger partial charge in [0, 0.05) is 14.6 Å². The van der Waals surface area contributed by atoms with Crippen molar-refractivity contribution in [2.24, 2.45) is 0 Å². The van der Waals surface area contributed by atoms with Gasteiger partial charge in [0.25, 0.3) is 5.91 Å². The number of carbonyl (C=O) groups is 1. The average molecular weight is 510 g/mol. The molecular formula is C24H18Br2N2O. The second kappa shape index (κ2) is 9.69. The second-order valence-corrected chi connectivity index (χ2v) is 8.37. The first-order chi connectivity index (χ1) is 14.0. The highest BCUT2D eigenvalue weighted by Gasteiger charge is 2.12.